The Hall–Kier alpha value is -4.38. The Morgan fingerprint density at radius 1 is 0.658 bits per heavy atom. The van der Waals surface area contributed by atoms with Crippen molar-refractivity contribution in [3.05, 3.63) is 108 Å². The summed E-state index contributed by atoms with van der Waals surface area (Å²) in [4.78, 5) is 2.34. The summed E-state index contributed by atoms with van der Waals surface area (Å²) in [5, 5.41) is 21.5. The average molecular weight is 510 g/mol. The summed E-state index contributed by atoms with van der Waals surface area (Å²) in [7, 11) is -2.23. The van der Waals surface area contributed by atoms with E-state index in [-0.39, 0.29) is 5.57 Å². The van der Waals surface area contributed by atoms with Gasteiger partial charge in [0.15, 0.2) is 0 Å². The number of anilines is 3. The summed E-state index contributed by atoms with van der Waals surface area (Å²) in [6.45, 7) is 9.45. The first kappa shape index (κ1) is 25.3. The molecule has 0 unspecified atom stereocenters. The number of nitrogens with zero attached hydrogens (tertiary/aromatic N) is 3. The van der Waals surface area contributed by atoms with Gasteiger partial charge in [-0.25, -0.2) is 0 Å². The maximum absolute atomic E-state index is 9.34. The van der Waals surface area contributed by atoms with Gasteiger partial charge in [0.25, 0.3) is 0 Å². The van der Waals surface area contributed by atoms with Crippen molar-refractivity contribution in [1.82, 2.24) is 0 Å². The number of hydrogen-bond acceptors (Lipinski definition) is 3. The number of para-hydroxylation sites is 2. The second kappa shape index (κ2) is 10.2. The quantitative estimate of drug-likeness (QED) is 0.196. The van der Waals surface area contributed by atoms with E-state index in [1.54, 1.807) is 6.08 Å². The summed E-state index contributed by atoms with van der Waals surface area (Å²) < 4.78 is 0. The van der Waals surface area contributed by atoms with Gasteiger partial charge in [0, 0.05) is 17.1 Å². The lowest BCUT2D eigenvalue weighted by molar-refractivity contribution is 0.930. The third-order valence-corrected chi connectivity index (χ3v) is 14.1. The van der Waals surface area contributed by atoms with E-state index in [2.05, 4.69) is 124 Å². The Labute approximate surface area is 226 Å². The maximum atomic E-state index is 9.34. The first-order chi connectivity index (χ1) is 18.4. The summed E-state index contributed by atoms with van der Waals surface area (Å²) in [5.74, 6) is 0. The second-order valence-electron chi connectivity index (χ2n) is 10.5. The number of hydrogen-bond donors (Lipinski definition) is 0. The molecule has 38 heavy (non-hydrogen) atoms. The third kappa shape index (κ3) is 4.04. The van der Waals surface area contributed by atoms with E-state index in [1.807, 2.05) is 18.2 Å². The monoisotopic (exact) mass is 509 g/mol. The van der Waals surface area contributed by atoms with Gasteiger partial charge < -0.3 is 4.90 Å². The van der Waals surface area contributed by atoms with Crippen LogP contribution >= 0.6 is 0 Å². The van der Waals surface area contributed by atoms with Crippen LogP contribution < -0.4 is 15.3 Å². The lowest BCUT2D eigenvalue weighted by Crippen LogP contribution is -2.60. The number of fused-ring (bicyclic) bond motifs is 3. The molecule has 4 aromatic carbocycles. The highest BCUT2D eigenvalue weighted by molar-refractivity contribution is 7.07. The molecule has 0 aliphatic carbocycles. The van der Waals surface area contributed by atoms with E-state index >= 15 is 0 Å². The van der Waals surface area contributed by atoms with Crippen molar-refractivity contribution >= 4 is 41.6 Å². The molecule has 0 fully saturated rings. The van der Waals surface area contributed by atoms with Crippen molar-refractivity contribution in [2.24, 2.45) is 0 Å². The maximum Gasteiger partial charge on any atom is 0.130 e. The fraction of sp³-hybridized carbons (Fsp3) is 0.176. The van der Waals surface area contributed by atoms with Crippen molar-refractivity contribution in [3.63, 3.8) is 0 Å². The third-order valence-electron chi connectivity index (χ3n) is 7.89. The smallest absolute Gasteiger partial charge is 0.130 e. The highest BCUT2D eigenvalue weighted by Gasteiger charge is 2.50. The van der Waals surface area contributed by atoms with Gasteiger partial charge in [-0.2, -0.15) is 10.5 Å². The van der Waals surface area contributed by atoms with Crippen LogP contribution in [0, 0.1) is 22.7 Å². The molecular formula is C34H31N3Si. The molecule has 0 radical (unpaired) electrons. The van der Waals surface area contributed by atoms with Crippen molar-refractivity contribution < 1.29 is 0 Å². The molecular weight excluding hydrogens is 478 g/mol. The molecule has 0 N–H and O–H groups in total. The zero-order valence-corrected chi connectivity index (χ0v) is 23.3. The Kier molecular flexibility index (Phi) is 6.77. The number of benzene rings is 4. The first-order valence-electron chi connectivity index (χ1n) is 13.1. The minimum Gasteiger partial charge on any atom is -0.311 e. The lowest BCUT2D eigenvalue weighted by Gasteiger charge is -2.38. The van der Waals surface area contributed by atoms with Gasteiger partial charge in [-0.05, 0) is 80.6 Å². The minimum absolute atomic E-state index is 0.130. The van der Waals surface area contributed by atoms with Crippen LogP contribution in [0.15, 0.2) is 103 Å². The standard InChI is InChI=1S/C34H31N3Si/c1-24(2)38(25(3)4)33-20-26(19-27(22-35)23-36)15-17-31(33)32-18-16-30(21-34(32)38)37(28-11-7-5-8-12-28)29-13-9-6-10-14-29/h5-21,24-25H,1-4H3. The lowest BCUT2D eigenvalue weighted by atomic mass is 10.0. The minimum atomic E-state index is -2.23. The molecule has 1 heterocycles. The molecule has 0 atom stereocenters. The van der Waals surface area contributed by atoms with Gasteiger partial charge in [0.2, 0.25) is 0 Å². The molecule has 3 nitrogen and oxygen atoms in total. The van der Waals surface area contributed by atoms with Crippen LogP contribution in [0.25, 0.3) is 17.2 Å². The van der Waals surface area contributed by atoms with Crippen molar-refractivity contribution in [3.8, 4) is 23.3 Å². The predicted molar refractivity (Wildman–Crippen MR) is 161 cm³/mol. The SMILES string of the molecule is CC(C)[Si]1(C(C)C)c2cc(C=C(C#N)C#N)ccc2-c2ccc(N(c3ccccc3)c3ccccc3)cc21. The van der Waals surface area contributed by atoms with Crippen molar-refractivity contribution in [2.45, 2.75) is 38.8 Å². The van der Waals surface area contributed by atoms with Crippen molar-refractivity contribution in [2.75, 3.05) is 4.90 Å². The van der Waals surface area contributed by atoms with Crippen LogP contribution in [0.4, 0.5) is 17.1 Å². The summed E-state index contributed by atoms with van der Waals surface area (Å²) >= 11 is 0. The molecule has 0 saturated carbocycles. The Balaban J connectivity index is 1.75. The van der Waals surface area contributed by atoms with Crippen LogP contribution in [0.5, 0.6) is 0 Å². The van der Waals surface area contributed by atoms with E-state index < -0.39 is 8.07 Å². The molecule has 0 aromatic heterocycles. The largest absolute Gasteiger partial charge is 0.311 e. The molecule has 0 amide bonds. The fourth-order valence-electron chi connectivity index (χ4n) is 6.39. The Morgan fingerprint density at radius 2 is 1.16 bits per heavy atom. The van der Waals surface area contributed by atoms with E-state index in [9.17, 15) is 10.5 Å². The molecule has 5 rings (SSSR count). The predicted octanol–water partition coefficient (Wildman–Crippen LogP) is 7.95. The van der Waals surface area contributed by atoms with Crippen LogP contribution in [0.2, 0.25) is 11.1 Å². The number of rotatable bonds is 6. The van der Waals surface area contributed by atoms with E-state index in [0.717, 1.165) is 22.6 Å². The second-order valence-corrected chi connectivity index (χ2v) is 15.6. The zero-order chi connectivity index (χ0) is 26.9. The van der Waals surface area contributed by atoms with Gasteiger partial charge in [0.05, 0.1) is 0 Å². The van der Waals surface area contributed by atoms with Gasteiger partial charge in [-0.15, -0.1) is 0 Å². The Morgan fingerprint density at radius 3 is 1.66 bits per heavy atom. The number of nitriles is 2. The highest BCUT2D eigenvalue weighted by Crippen LogP contribution is 2.43. The van der Waals surface area contributed by atoms with Gasteiger partial charge in [0.1, 0.15) is 25.8 Å². The molecule has 1 aliphatic heterocycles. The highest BCUT2D eigenvalue weighted by atomic mass is 28.3. The average Bonchev–Trinajstić information content (AvgIpc) is 3.23. The molecule has 186 valence electrons. The van der Waals surface area contributed by atoms with Crippen LogP contribution in [0.3, 0.4) is 0 Å². The molecule has 1 aliphatic rings. The van der Waals surface area contributed by atoms with Gasteiger partial charge >= 0.3 is 0 Å². The van der Waals surface area contributed by atoms with E-state index in [4.69, 9.17) is 0 Å². The van der Waals surface area contributed by atoms with Crippen LogP contribution in [-0.4, -0.2) is 8.07 Å². The number of allylic oxidation sites excluding steroid dienone is 1. The molecule has 0 bridgehead atoms. The summed E-state index contributed by atoms with van der Waals surface area (Å²) in [5.41, 5.74) is 7.99. The van der Waals surface area contributed by atoms with Gasteiger partial charge in [-0.3, -0.25) is 0 Å². The summed E-state index contributed by atoms with van der Waals surface area (Å²) in [6.07, 6.45) is 1.71. The molecule has 0 spiro atoms. The van der Waals surface area contributed by atoms with Crippen molar-refractivity contribution in [1.29, 1.82) is 10.5 Å². The molecule has 4 aromatic rings. The van der Waals surface area contributed by atoms with Crippen LogP contribution in [-0.2, 0) is 0 Å². The Bertz CT molecular complexity index is 1530. The summed E-state index contributed by atoms with van der Waals surface area (Å²) in [6, 6.07) is 38.6. The van der Waals surface area contributed by atoms with Gasteiger partial charge in [-0.1, -0.05) is 88.4 Å². The van der Waals surface area contributed by atoms with Crippen LogP contribution in [0.1, 0.15) is 33.3 Å². The van der Waals surface area contributed by atoms with E-state index in [0.29, 0.717) is 11.1 Å². The normalized spacial score (nSPS) is 12.8. The topological polar surface area (TPSA) is 50.8 Å². The first-order valence-corrected chi connectivity index (χ1v) is 15.3. The fourth-order valence-corrected chi connectivity index (χ4v) is 12.6. The zero-order valence-electron chi connectivity index (χ0n) is 22.3. The van der Waals surface area contributed by atoms with E-state index in [1.165, 1.54) is 21.5 Å². The molecule has 0 saturated heterocycles. The molecule has 4 heteroatoms.